The number of rotatable bonds is 2. The summed E-state index contributed by atoms with van der Waals surface area (Å²) in [6.07, 6.45) is 0. The van der Waals surface area contributed by atoms with Crippen LogP contribution in [0.2, 0.25) is 0 Å². The molecule has 3 aromatic rings. The first-order valence-corrected chi connectivity index (χ1v) is 6.19. The molecule has 2 aromatic heterocycles. The van der Waals surface area contributed by atoms with Crippen molar-refractivity contribution in [2.45, 2.75) is 19.9 Å². The Kier molecular flexibility index (Phi) is 2.45. The van der Waals surface area contributed by atoms with Gasteiger partial charge in [-0.1, -0.05) is 12.1 Å². The lowest BCUT2D eigenvalue weighted by molar-refractivity contribution is 0.105. The number of furan rings is 1. The van der Waals surface area contributed by atoms with Gasteiger partial charge in [-0.3, -0.25) is 4.79 Å². The van der Waals surface area contributed by atoms with Crippen molar-refractivity contribution < 1.29 is 9.21 Å². The van der Waals surface area contributed by atoms with Crippen LogP contribution in [0.25, 0.3) is 22.0 Å². The lowest BCUT2D eigenvalue weighted by Crippen LogP contribution is -1.99. The van der Waals surface area contributed by atoms with Crippen LogP contribution >= 0.6 is 11.6 Å². The molecule has 0 unspecified atom stereocenters. The van der Waals surface area contributed by atoms with E-state index in [0.717, 1.165) is 22.0 Å². The first-order valence-electron chi connectivity index (χ1n) is 5.82. The number of carbonyl (C=O) groups excluding carboxylic acids is 1. The third kappa shape index (κ3) is 1.47. The lowest BCUT2D eigenvalue weighted by atomic mass is 10.2. The van der Waals surface area contributed by atoms with E-state index in [9.17, 15) is 4.79 Å². The highest BCUT2D eigenvalue weighted by Gasteiger charge is 2.19. The molecule has 2 heterocycles. The molecule has 0 bridgehead atoms. The van der Waals surface area contributed by atoms with Crippen molar-refractivity contribution in [3.63, 3.8) is 0 Å². The maximum absolute atomic E-state index is 11.2. The van der Waals surface area contributed by atoms with Gasteiger partial charge < -0.3 is 8.98 Å². The van der Waals surface area contributed by atoms with Gasteiger partial charge in [0.2, 0.25) is 0 Å². The van der Waals surface area contributed by atoms with Gasteiger partial charge in [0.05, 0.1) is 11.0 Å². The van der Waals surface area contributed by atoms with E-state index < -0.39 is 5.24 Å². The molecule has 0 aliphatic carbocycles. The number of nitrogens with zero attached hydrogens (tertiary/aromatic N) is 1. The van der Waals surface area contributed by atoms with Crippen LogP contribution in [0, 0.1) is 0 Å². The van der Waals surface area contributed by atoms with Gasteiger partial charge in [-0.15, -0.1) is 0 Å². The average molecular weight is 262 g/mol. The summed E-state index contributed by atoms with van der Waals surface area (Å²) >= 11 is 5.47. The number of carbonyl (C=O) groups is 1. The van der Waals surface area contributed by atoms with E-state index >= 15 is 0 Å². The first kappa shape index (κ1) is 11.4. The molecule has 0 aliphatic rings. The molecule has 0 fully saturated rings. The topological polar surface area (TPSA) is 35.1 Å². The van der Waals surface area contributed by atoms with Gasteiger partial charge in [-0.2, -0.15) is 0 Å². The van der Waals surface area contributed by atoms with Gasteiger partial charge in [0, 0.05) is 17.5 Å². The second kappa shape index (κ2) is 3.89. The van der Waals surface area contributed by atoms with E-state index in [-0.39, 0.29) is 11.8 Å². The molecule has 3 nitrogen and oxygen atoms in total. The molecule has 0 saturated heterocycles. The van der Waals surface area contributed by atoms with Crippen molar-refractivity contribution >= 4 is 38.8 Å². The van der Waals surface area contributed by atoms with Crippen LogP contribution < -0.4 is 0 Å². The van der Waals surface area contributed by atoms with Crippen LogP contribution in [0.15, 0.2) is 34.7 Å². The first-order chi connectivity index (χ1) is 8.59. The largest absolute Gasteiger partial charge is 0.449 e. The fourth-order valence-electron chi connectivity index (χ4n) is 2.41. The van der Waals surface area contributed by atoms with Crippen LogP contribution in [-0.2, 0) is 0 Å². The number of para-hydroxylation sites is 1. The maximum atomic E-state index is 11.2. The molecular weight excluding hydrogens is 250 g/mol. The van der Waals surface area contributed by atoms with Crippen molar-refractivity contribution in [3.8, 4) is 0 Å². The Balaban J connectivity index is 2.48. The SMILES string of the molecule is CC(C)n1c2ccccc2c2oc(C(=O)Cl)cc21. The molecule has 3 rings (SSSR count). The highest BCUT2D eigenvalue weighted by atomic mass is 35.5. The van der Waals surface area contributed by atoms with Crippen molar-refractivity contribution in [2.24, 2.45) is 0 Å². The van der Waals surface area contributed by atoms with Crippen molar-refractivity contribution in [1.82, 2.24) is 4.57 Å². The molecule has 0 N–H and O–H groups in total. The third-order valence-corrected chi connectivity index (χ3v) is 3.28. The Labute approximate surface area is 109 Å². The zero-order valence-corrected chi connectivity index (χ0v) is 10.9. The molecule has 4 heteroatoms. The highest BCUT2D eigenvalue weighted by Crippen LogP contribution is 2.34. The number of hydrogen-bond acceptors (Lipinski definition) is 2. The molecule has 0 spiro atoms. The molecular formula is C14H12ClNO2. The Morgan fingerprint density at radius 2 is 2.00 bits per heavy atom. The molecule has 0 atom stereocenters. The third-order valence-electron chi connectivity index (χ3n) is 3.09. The predicted octanol–water partition coefficient (Wildman–Crippen LogP) is 4.35. The number of aromatic nitrogens is 1. The zero-order valence-electron chi connectivity index (χ0n) is 10.1. The normalized spacial score (nSPS) is 11.8. The van der Waals surface area contributed by atoms with E-state index in [4.69, 9.17) is 16.0 Å². The highest BCUT2D eigenvalue weighted by molar-refractivity contribution is 6.67. The summed E-state index contributed by atoms with van der Waals surface area (Å²) in [5.74, 6) is 0.196. The van der Waals surface area contributed by atoms with Crippen molar-refractivity contribution in [3.05, 3.63) is 36.1 Å². The van der Waals surface area contributed by atoms with Crippen LogP contribution in [0.4, 0.5) is 0 Å². The fourth-order valence-corrected chi connectivity index (χ4v) is 2.51. The number of fused-ring (bicyclic) bond motifs is 3. The monoisotopic (exact) mass is 261 g/mol. The molecule has 0 amide bonds. The molecule has 0 radical (unpaired) electrons. The van der Waals surface area contributed by atoms with Crippen LogP contribution in [0.1, 0.15) is 30.4 Å². The minimum absolute atomic E-state index is 0.196. The van der Waals surface area contributed by atoms with Crippen LogP contribution in [0.3, 0.4) is 0 Å². The Bertz CT molecular complexity index is 752. The van der Waals surface area contributed by atoms with E-state index in [0.29, 0.717) is 0 Å². The van der Waals surface area contributed by atoms with E-state index in [1.54, 1.807) is 6.07 Å². The molecule has 92 valence electrons. The van der Waals surface area contributed by atoms with Crippen molar-refractivity contribution in [2.75, 3.05) is 0 Å². The maximum Gasteiger partial charge on any atom is 0.287 e. The zero-order chi connectivity index (χ0) is 12.9. The van der Waals surface area contributed by atoms with Gasteiger partial charge in [0.15, 0.2) is 11.3 Å². The lowest BCUT2D eigenvalue weighted by Gasteiger charge is -2.09. The van der Waals surface area contributed by atoms with Gasteiger partial charge in [-0.05, 0) is 37.6 Å². The Hall–Kier alpha value is -1.74. The predicted molar refractivity (Wildman–Crippen MR) is 72.3 cm³/mol. The standard InChI is InChI=1S/C14H12ClNO2/c1-8(2)16-10-6-4-3-5-9(10)13-11(16)7-12(18-13)14(15)17/h3-8H,1-2H3. The van der Waals surface area contributed by atoms with Crippen LogP contribution in [-0.4, -0.2) is 9.81 Å². The summed E-state index contributed by atoms with van der Waals surface area (Å²) in [5.41, 5.74) is 2.74. The summed E-state index contributed by atoms with van der Waals surface area (Å²) in [7, 11) is 0. The average Bonchev–Trinajstić information content (AvgIpc) is 2.84. The smallest absolute Gasteiger partial charge is 0.287 e. The molecule has 1 aromatic carbocycles. The molecule has 0 saturated carbocycles. The summed E-state index contributed by atoms with van der Waals surface area (Å²) in [6.45, 7) is 4.20. The van der Waals surface area contributed by atoms with Gasteiger partial charge in [0.1, 0.15) is 0 Å². The van der Waals surface area contributed by atoms with Gasteiger partial charge in [-0.25, -0.2) is 0 Å². The van der Waals surface area contributed by atoms with Crippen LogP contribution in [0.5, 0.6) is 0 Å². The second-order valence-corrected chi connectivity index (χ2v) is 4.92. The minimum atomic E-state index is -0.564. The summed E-state index contributed by atoms with van der Waals surface area (Å²) in [4.78, 5) is 11.2. The second-order valence-electron chi connectivity index (χ2n) is 4.58. The minimum Gasteiger partial charge on any atom is -0.449 e. The number of hydrogen-bond donors (Lipinski definition) is 0. The van der Waals surface area contributed by atoms with Gasteiger partial charge >= 0.3 is 0 Å². The van der Waals surface area contributed by atoms with Gasteiger partial charge in [0.25, 0.3) is 5.24 Å². The molecule has 18 heavy (non-hydrogen) atoms. The summed E-state index contributed by atoms with van der Waals surface area (Å²) in [6, 6.07) is 9.98. The number of benzene rings is 1. The Morgan fingerprint density at radius 1 is 1.28 bits per heavy atom. The molecule has 0 aliphatic heterocycles. The van der Waals surface area contributed by atoms with E-state index in [1.165, 1.54) is 0 Å². The Morgan fingerprint density at radius 3 is 2.67 bits per heavy atom. The number of halogens is 1. The van der Waals surface area contributed by atoms with Crippen molar-refractivity contribution in [1.29, 1.82) is 0 Å². The van der Waals surface area contributed by atoms with E-state index in [1.807, 2.05) is 24.3 Å². The quantitative estimate of drug-likeness (QED) is 0.643. The van der Waals surface area contributed by atoms with E-state index in [2.05, 4.69) is 18.4 Å². The summed E-state index contributed by atoms with van der Waals surface area (Å²) < 4.78 is 7.72. The summed E-state index contributed by atoms with van der Waals surface area (Å²) in [5, 5.41) is 0.441. The fraction of sp³-hybridized carbons (Fsp3) is 0.214.